The number of allylic oxidation sites excluding steroid dienone is 1. The number of nitrogens with zero attached hydrogens (tertiary/aromatic N) is 3. The molecular formula is C10H13N3O2. The van der Waals surface area contributed by atoms with Crippen molar-refractivity contribution in [3.63, 3.8) is 0 Å². The Morgan fingerprint density at radius 1 is 1.60 bits per heavy atom. The van der Waals surface area contributed by atoms with E-state index in [-0.39, 0.29) is 0 Å². The highest BCUT2D eigenvalue weighted by atomic mass is 16.4. The van der Waals surface area contributed by atoms with Crippen LogP contribution in [0.15, 0.2) is 18.5 Å². The van der Waals surface area contributed by atoms with E-state index in [4.69, 9.17) is 5.11 Å². The van der Waals surface area contributed by atoms with Gasteiger partial charge in [0.1, 0.15) is 0 Å². The van der Waals surface area contributed by atoms with Crippen LogP contribution in [0.2, 0.25) is 0 Å². The molecule has 1 aliphatic heterocycles. The van der Waals surface area contributed by atoms with Crippen molar-refractivity contribution >= 4 is 11.7 Å². The highest BCUT2D eigenvalue weighted by Gasteiger charge is 2.17. The lowest BCUT2D eigenvalue weighted by Crippen LogP contribution is -2.28. The topological polar surface area (TPSA) is 58.4 Å². The van der Waals surface area contributed by atoms with Gasteiger partial charge in [0.05, 0.1) is 5.69 Å². The van der Waals surface area contributed by atoms with E-state index >= 15 is 0 Å². The fourth-order valence-electron chi connectivity index (χ4n) is 1.79. The maximum Gasteiger partial charge on any atom is 0.411 e. The number of amides is 1. The molecule has 5 nitrogen and oxygen atoms in total. The van der Waals surface area contributed by atoms with Crippen molar-refractivity contribution in [2.45, 2.75) is 12.8 Å². The van der Waals surface area contributed by atoms with Gasteiger partial charge in [0, 0.05) is 26.0 Å². The zero-order chi connectivity index (χ0) is 10.8. The van der Waals surface area contributed by atoms with Gasteiger partial charge in [-0.2, -0.15) is 5.10 Å². The molecule has 0 spiro atoms. The van der Waals surface area contributed by atoms with Crippen LogP contribution in [-0.4, -0.2) is 32.4 Å². The molecule has 0 saturated carbocycles. The number of aryl methyl sites for hydroxylation is 1. The first-order chi connectivity index (χ1) is 7.18. The standard InChI is InChI=1S/C10H13N3O2/c1-12-9(4-5-11-12)8-3-2-6-13(7-8)10(14)15/h4-5,7H,2-3,6H2,1H3,(H,14,15). The number of rotatable bonds is 1. The Morgan fingerprint density at radius 3 is 3.00 bits per heavy atom. The molecule has 0 saturated heterocycles. The maximum absolute atomic E-state index is 10.8. The Bertz CT molecular complexity index is 409. The monoisotopic (exact) mass is 207 g/mol. The third-order valence-electron chi connectivity index (χ3n) is 2.55. The quantitative estimate of drug-likeness (QED) is 0.759. The van der Waals surface area contributed by atoms with E-state index in [9.17, 15) is 4.79 Å². The minimum atomic E-state index is -0.894. The van der Waals surface area contributed by atoms with Crippen LogP contribution in [0.25, 0.3) is 5.57 Å². The zero-order valence-corrected chi connectivity index (χ0v) is 8.55. The Balaban J connectivity index is 2.30. The Morgan fingerprint density at radius 2 is 2.40 bits per heavy atom. The van der Waals surface area contributed by atoms with E-state index in [0.29, 0.717) is 6.54 Å². The number of hydrogen-bond donors (Lipinski definition) is 1. The summed E-state index contributed by atoms with van der Waals surface area (Å²) < 4.78 is 1.76. The van der Waals surface area contributed by atoms with Crippen molar-refractivity contribution in [3.05, 3.63) is 24.2 Å². The maximum atomic E-state index is 10.8. The molecule has 0 aliphatic carbocycles. The average molecular weight is 207 g/mol. The molecule has 15 heavy (non-hydrogen) atoms. The fourth-order valence-corrected chi connectivity index (χ4v) is 1.79. The van der Waals surface area contributed by atoms with Crippen molar-refractivity contribution in [1.82, 2.24) is 14.7 Å². The molecule has 0 atom stereocenters. The van der Waals surface area contributed by atoms with Crippen molar-refractivity contribution in [2.75, 3.05) is 6.54 Å². The lowest BCUT2D eigenvalue weighted by Gasteiger charge is -2.22. The van der Waals surface area contributed by atoms with Crippen LogP contribution < -0.4 is 0 Å². The molecule has 1 aromatic rings. The number of carboxylic acid groups (broad SMARTS) is 1. The smallest absolute Gasteiger partial charge is 0.411 e. The van der Waals surface area contributed by atoms with Crippen molar-refractivity contribution in [3.8, 4) is 0 Å². The number of hydrogen-bond acceptors (Lipinski definition) is 2. The van der Waals surface area contributed by atoms with Crippen molar-refractivity contribution < 1.29 is 9.90 Å². The SMILES string of the molecule is Cn1nccc1C1=CN(C(=O)O)CCC1. The molecule has 0 aromatic carbocycles. The summed E-state index contributed by atoms with van der Waals surface area (Å²) in [4.78, 5) is 12.1. The molecule has 5 heteroatoms. The summed E-state index contributed by atoms with van der Waals surface area (Å²) in [6.07, 6.45) is 4.29. The summed E-state index contributed by atoms with van der Waals surface area (Å²) in [6.45, 7) is 0.580. The Labute approximate surface area is 87.6 Å². The first-order valence-electron chi connectivity index (χ1n) is 4.87. The van der Waals surface area contributed by atoms with Crippen LogP contribution in [0, 0.1) is 0 Å². The summed E-state index contributed by atoms with van der Waals surface area (Å²) in [5.41, 5.74) is 2.02. The predicted molar refractivity (Wildman–Crippen MR) is 55.1 cm³/mol. The molecule has 1 aromatic heterocycles. The van der Waals surface area contributed by atoms with E-state index < -0.39 is 6.09 Å². The van der Waals surface area contributed by atoms with Crippen LogP contribution in [0.4, 0.5) is 4.79 Å². The second-order valence-corrected chi connectivity index (χ2v) is 3.57. The van der Waals surface area contributed by atoms with Crippen LogP contribution in [-0.2, 0) is 7.05 Å². The van der Waals surface area contributed by atoms with Gasteiger partial charge in [-0.1, -0.05) is 0 Å². The first kappa shape index (κ1) is 9.76. The van der Waals surface area contributed by atoms with Gasteiger partial charge < -0.3 is 5.11 Å². The molecular weight excluding hydrogens is 194 g/mol. The summed E-state index contributed by atoms with van der Waals surface area (Å²) >= 11 is 0. The van der Waals surface area contributed by atoms with E-state index in [1.54, 1.807) is 17.1 Å². The van der Waals surface area contributed by atoms with Gasteiger partial charge in [0.15, 0.2) is 0 Å². The van der Waals surface area contributed by atoms with Gasteiger partial charge in [0.2, 0.25) is 0 Å². The molecule has 0 unspecified atom stereocenters. The first-order valence-corrected chi connectivity index (χ1v) is 4.87. The fraction of sp³-hybridized carbons (Fsp3) is 0.400. The van der Waals surface area contributed by atoms with Crippen LogP contribution in [0.3, 0.4) is 0 Å². The number of aromatic nitrogens is 2. The largest absolute Gasteiger partial charge is 0.465 e. The average Bonchev–Trinajstić information content (AvgIpc) is 2.64. The minimum Gasteiger partial charge on any atom is -0.465 e. The van der Waals surface area contributed by atoms with Crippen LogP contribution in [0.5, 0.6) is 0 Å². The van der Waals surface area contributed by atoms with E-state index in [2.05, 4.69) is 5.10 Å². The molecule has 2 rings (SSSR count). The van der Waals surface area contributed by atoms with Crippen molar-refractivity contribution in [2.24, 2.45) is 7.05 Å². The lowest BCUT2D eigenvalue weighted by atomic mass is 10.0. The molecule has 1 aliphatic rings. The van der Waals surface area contributed by atoms with Crippen molar-refractivity contribution in [1.29, 1.82) is 0 Å². The van der Waals surface area contributed by atoms with Gasteiger partial charge in [-0.3, -0.25) is 9.58 Å². The highest BCUT2D eigenvalue weighted by molar-refractivity contribution is 5.72. The molecule has 1 N–H and O–H groups in total. The molecule has 0 radical (unpaired) electrons. The molecule has 0 bridgehead atoms. The molecule has 1 amide bonds. The van der Waals surface area contributed by atoms with E-state index in [1.807, 2.05) is 13.1 Å². The van der Waals surface area contributed by atoms with Gasteiger partial charge in [-0.05, 0) is 24.5 Å². The third-order valence-corrected chi connectivity index (χ3v) is 2.55. The van der Waals surface area contributed by atoms with Gasteiger partial charge in [-0.25, -0.2) is 4.79 Å². The zero-order valence-electron chi connectivity index (χ0n) is 8.55. The van der Waals surface area contributed by atoms with Gasteiger partial charge in [0.25, 0.3) is 0 Å². The second kappa shape index (κ2) is 3.76. The molecule has 0 fully saturated rings. The Kier molecular flexibility index (Phi) is 2.45. The number of carbonyl (C=O) groups is 1. The van der Waals surface area contributed by atoms with Crippen LogP contribution >= 0.6 is 0 Å². The normalized spacial score (nSPS) is 16.3. The summed E-state index contributed by atoms with van der Waals surface area (Å²) in [7, 11) is 1.86. The van der Waals surface area contributed by atoms with E-state index in [1.165, 1.54) is 4.90 Å². The summed E-state index contributed by atoms with van der Waals surface area (Å²) in [5, 5.41) is 13.0. The molecule has 80 valence electrons. The highest BCUT2D eigenvalue weighted by Crippen LogP contribution is 2.24. The lowest BCUT2D eigenvalue weighted by molar-refractivity contribution is 0.161. The van der Waals surface area contributed by atoms with Crippen LogP contribution in [0.1, 0.15) is 18.5 Å². The predicted octanol–water partition coefficient (Wildman–Crippen LogP) is 1.53. The molecule has 2 heterocycles. The second-order valence-electron chi connectivity index (χ2n) is 3.57. The minimum absolute atomic E-state index is 0.580. The van der Waals surface area contributed by atoms with Gasteiger partial charge >= 0.3 is 6.09 Å². The third kappa shape index (κ3) is 1.86. The van der Waals surface area contributed by atoms with E-state index in [0.717, 1.165) is 24.1 Å². The summed E-state index contributed by atoms with van der Waals surface area (Å²) in [6, 6.07) is 1.90. The van der Waals surface area contributed by atoms with Gasteiger partial charge in [-0.15, -0.1) is 0 Å². The summed E-state index contributed by atoms with van der Waals surface area (Å²) in [5.74, 6) is 0. The Hall–Kier alpha value is -1.78.